The van der Waals surface area contributed by atoms with Gasteiger partial charge in [0.1, 0.15) is 18.8 Å². The second kappa shape index (κ2) is 6.59. The summed E-state index contributed by atoms with van der Waals surface area (Å²) in [5, 5.41) is 2.63. The molecule has 0 saturated carbocycles. The summed E-state index contributed by atoms with van der Waals surface area (Å²) in [5.74, 6) is 0. The third-order valence-corrected chi connectivity index (χ3v) is 3.92. The molecule has 2 rings (SSSR count). The predicted molar refractivity (Wildman–Crippen MR) is 77.7 cm³/mol. The molecule has 6 heteroatoms. The number of anilines is 1. The quantitative estimate of drug-likeness (QED) is 0.651. The van der Waals surface area contributed by atoms with Crippen molar-refractivity contribution in [1.82, 2.24) is 0 Å². The molecule has 0 radical (unpaired) electrons. The SMILES string of the molecule is CC[C@@H](Cl)[C@H]1O[C@@H]1COC(=O)Nc1ccc(Br)cc1. The molecule has 1 N–H and O–H groups in total. The highest BCUT2D eigenvalue weighted by atomic mass is 79.9. The maximum atomic E-state index is 11.5. The van der Waals surface area contributed by atoms with Crippen molar-refractivity contribution in [3.63, 3.8) is 0 Å². The van der Waals surface area contributed by atoms with Gasteiger partial charge < -0.3 is 9.47 Å². The summed E-state index contributed by atoms with van der Waals surface area (Å²) < 4.78 is 11.4. The van der Waals surface area contributed by atoms with E-state index in [4.69, 9.17) is 21.1 Å². The van der Waals surface area contributed by atoms with Gasteiger partial charge in [0.15, 0.2) is 0 Å². The number of carbonyl (C=O) groups excluding carboxylic acids is 1. The molecule has 0 spiro atoms. The summed E-state index contributed by atoms with van der Waals surface area (Å²) >= 11 is 9.36. The van der Waals surface area contributed by atoms with Crippen molar-refractivity contribution < 1.29 is 14.3 Å². The Kier molecular flexibility index (Phi) is 5.07. The Hall–Kier alpha value is -0.780. The van der Waals surface area contributed by atoms with E-state index in [0.717, 1.165) is 10.9 Å². The Morgan fingerprint density at radius 3 is 2.84 bits per heavy atom. The van der Waals surface area contributed by atoms with Gasteiger partial charge in [0.05, 0.1) is 5.38 Å². The van der Waals surface area contributed by atoms with Crippen LogP contribution in [-0.2, 0) is 9.47 Å². The number of halogens is 2. The molecular formula is C13H15BrClNO3. The second-order valence-corrected chi connectivity index (χ2v) is 5.77. The smallest absolute Gasteiger partial charge is 0.411 e. The topological polar surface area (TPSA) is 50.9 Å². The summed E-state index contributed by atoms with van der Waals surface area (Å²) in [5.41, 5.74) is 0.685. The van der Waals surface area contributed by atoms with Crippen molar-refractivity contribution in [1.29, 1.82) is 0 Å². The molecule has 1 amide bonds. The summed E-state index contributed by atoms with van der Waals surface area (Å²) in [4.78, 5) is 11.5. The highest BCUT2D eigenvalue weighted by Crippen LogP contribution is 2.30. The van der Waals surface area contributed by atoms with E-state index in [-0.39, 0.29) is 24.2 Å². The van der Waals surface area contributed by atoms with Crippen LogP contribution in [0.1, 0.15) is 13.3 Å². The van der Waals surface area contributed by atoms with Crippen molar-refractivity contribution >= 4 is 39.3 Å². The first-order valence-electron chi connectivity index (χ1n) is 6.09. The number of hydrogen-bond donors (Lipinski definition) is 1. The van der Waals surface area contributed by atoms with Crippen LogP contribution < -0.4 is 5.32 Å². The summed E-state index contributed by atoms with van der Waals surface area (Å²) in [6, 6.07) is 7.26. The molecule has 1 aromatic carbocycles. The third kappa shape index (κ3) is 4.37. The molecule has 0 unspecified atom stereocenters. The van der Waals surface area contributed by atoms with Crippen LogP contribution in [0.3, 0.4) is 0 Å². The Morgan fingerprint density at radius 1 is 1.53 bits per heavy atom. The van der Waals surface area contributed by atoms with Crippen LogP contribution in [0.15, 0.2) is 28.7 Å². The minimum Gasteiger partial charge on any atom is -0.446 e. The van der Waals surface area contributed by atoms with E-state index in [9.17, 15) is 4.79 Å². The fourth-order valence-corrected chi connectivity index (χ4v) is 2.17. The average Bonchev–Trinajstić information content (AvgIpc) is 3.18. The van der Waals surface area contributed by atoms with Gasteiger partial charge in [0.2, 0.25) is 0 Å². The summed E-state index contributed by atoms with van der Waals surface area (Å²) in [6.45, 7) is 2.23. The molecule has 19 heavy (non-hydrogen) atoms. The van der Waals surface area contributed by atoms with Gasteiger partial charge in [-0.3, -0.25) is 5.32 Å². The van der Waals surface area contributed by atoms with Gasteiger partial charge in [-0.1, -0.05) is 22.9 Å². The Morgan fingerprint density at radius 2 is 2.21 bits per heavy atom. The van der Waals surface area contributed by atoms with E-state index in [1.54, 1.807) is 12.1 Å². The van der Waals surface area contributed by atoms with Crippen molar-refractivity contribution in [2.24, 2.45) is 0 Å². The van der Waals surface area contributed by atoms with Crippen LogP contribution >= 0.6 is 27.5 Å². The molecule has 1 heterocycles. The minimum atomic E-state index is -0.487. The van der Waals surface area contributed by atoms with Crippen LogP contribution in [0.4, 0.5) is 10.5 Å². The number of hydrogen-bond acceptors (Lipinski definition) is 3. The third-order valence-electron chi connectivity index (χ3n) is 2.84. The fourth-order valence-electron chi connectivity index (χ4n) is 1.69. The van der Waals surface area contributed by atoms with E-state index in [1.807, 2.05) is 19.1 Å². The maximum absolute atomic E-state index is 11.5. The lowest BCUT2D eigenvalue weighted by Crippen LogP contribution is -2.19. The van der Waals surface area contributed by atoms with E-state index in [1.165, 1.54) is 0 Å². The van der Waals surface area contributed by atoms with Gasteiger partial charge >= 0.3 is 6.09 Å². The number of amides is 1. The van der Waals surface area contributed by atoms with E-state index < -0.39 is 6.09 Å². The number of nitrogens with one attached hydrogen (secondary N) is 1. The zero-order valence-corrected chi connectivity index (χ0v) is 12.8. The van der Waals surface area contributed by atoms with Gasteiger partial charge in [-0.05, 0) is 30.7 Å². The summed E-state index contributed by atoms with van der Waals surface area (Å²) in [7, 11) is 0. The van der Waals surface area contributed by atoms with Gasteiger partial charge in [-0.25, -0.2) is 4.79 Å². The number of rotatable bonds is 5. The predicted octanol–water partition coefficient (Wildman–Crippen LogP) is 3.78. The number of ether oxygens (including phenoxy) is 2. The number of carbonyl (C=O) groups is 1. The number of epoxide rings is 1. The number of benzene rings is 1. The van der Waals surface area contributed by atoms with Crippen LogP contribution in [0.25, 0.3) is 0 Å². The van der Waals surface area contributed by atoms with E-state index >= 15 is 0 Å². The fraction of sp³-hybridized carbons (Fsp3) is 0.462. The van der Waals surface area contributed by atoms with Crippen LogP contribution in [0.2, 0.25) is 0 Å². The number of alkyl halides is 1. The maximum Gasteiger partial charge on any atom is 0.411 e. The van der Waals surface area contributed by atoms with E-state index in [2.05, 4.69) is 21.2 Å². The largest absolute Gasteiger partial charge is 0.446 e. The van der Waals surface area contributed by atoms with Gasteiger partial charge in [0, 0.05) is 10.2 Å². The van der Waals surface area contributed by atoms with Gasteiger partial charge in [0.25, 0.3) is 0 Å². The molecule has 1 aliphatic heterocycles. The first-order valence-corrected chi connectivity index (χ1v) is 7.32. The van der Waals surface area contributed by atoms with Crippen molar-refractivity contribution in [2.75, 3.05) is 11.9 Å². The monoisotopic (exact) mass is 347 g/mol. The summed E-state index contributed by atoms with van der Waals surface area (Å²) in [6.07, 6.45) is 0.290. The Balaban J connectivity index is 1.70. The van der Waals surface area contributed by atoms with Crippen molar-refractivity contribution in [3.05, 3.63) is 28.7 Å². The first-order chi connectivity index (χ1) is 9.10. The van der Waals surface area contributed by atoms with Gasteiger partial charge in [-0.15, -0.1) is 11.6 Å². The molecule has 0 bridgehead atoms. The Labute approximate surface area is 125 Å². The van der Waals surface area contributed by atoms with Crippen LogP contribution in [-0.4, -0.2) is 30.3 Å². The molecule has 4 nitrogen and oxygen atoms in total. The van der Waals surface area contributed by atoms with Crippen LogP contribution in [0, 0.1) is 0 Å². The highest BCUT2D eigenvalue weighted by Gasteiger charge is 2.44. The lowest BCUT2D eigenvalue weighted by atomic mass is 10.2. The molecule has 1 aliphatic rings. The molecular weight excluding hydrogens is 334 g/mol. The first kappa shape index (κ1) is 14.6. The Bertz CT molecular complexity index is 440. The standard InChI is InChI=1S/C13H15BrClNO3/c1-2-10(15)12-11(19-12)7-18-13(17)16-9-5-3-8(14)4-6-9/h3-6,10-12H,2,7H2,1H3,(H,16,17)/t10-,11-,12-/m1/s1. The molecule has 0 aliphatic carbocycles. The van der Waals surface area contributed by atoms with Crippen molar-refractivity contribution in [2.45, 2.75) is 30.9 Å². The second-order valence-electron chi connectivity index (χ2n) is 4.29. The lowest BCUT2D eigenvalue weighted by molar-refractivity contribution is 0.150. The molecule has 0 aromatic heterocycles. The zero-order chi connectivity index (χ0) is 13.8. The van der Waals surface area contributed by atoms with Gasteiger partial charge in [-0.2, -0.15) is 0 Å². The molecule has 3 atom stereocenters. The molecule has 1 saturated heterocycles. The van der Waals surface area contributed by atoms with E-state index in [0.29, 0.717) is 5.69 Å². The minimum absolute atomic E-state index is 0.00662. The normalized spacial score (nSPS) is 22.7. The zero-order valence-electron chi connectivity index (χ0n) is 10.4. The molecule has 104 valence electrons. The lowest BCUT2D eigenvalue weighted by Gasteiger charge is -2.06. The van der Waals surface area contributed by atoms with Crippen molar-refractivity contribution in [3.8, 4) is 0 Å². The average molecular weight is 349 g/mol. The van der Waals surface area contributed by atoms with Crippen LogP contribution in [0.5, 0.6) is 0 Å². The molecule has 1 aromatic rings. The highest BCUT2D eigenvalue weighted by molar-refractivity contribution is 9.10. The molecule has 1 fully saturated rings.